The number of carbonyl (C=O) groups is 1. The van der Waals surface area contributed by atoms with E-state index in [2.05, 4.69) is 10.3 Å². The number of pyridine rings is 1. The van der Waals surface area contributed by atoms with E-state index in [1.807, 2.05) is 18.2 Å². The number of nitrogens with one attached hydrogen (secondary N) is 1. The molecule has 1 heterocycles. The van der Waals surface area contributed by atoms with E-state index in [9.17, 15) is 13.6 Å². The van der Waals surface area contributed by atoms with Crippen LogP contribution in [0.1, 0.15) is 21.6 Å². The van der Waals surface area contributed by atoms with Crippen molar-refractivity contribution in [1.29, 1.82) is 0 Å². The molecule has 0 unspecified atom stereocenters. The molecule has 1 amide bonds. The van der Waals surface area contributed by atoms with Crippen molar-refractivity contribution in [2.45, 2.75) is 13.2 Å². The maximum atomic E-state index is 13.2. The van der Waals surface area contributed by atoms with E-state index in [1.165, 1.54) is 0 Å². The minimum atomic E-state index is -0.787. The van der Waals surface area contributed by atoms with Gasteiger partial charge < -0.3 is 10.1 Å². The number of rotatable bonds is 6. The standard InChI is InChI=1S/C20H16F2N2O2/c21-16-9-15(10-17(22)11-16)20(25)24-12-14-4-6-19(7-5-14)26-13-18-3-1-2-8-23-18/h1-11H,12-13H2,(H,24,25). The van der Waals surface area contributed by atoms with Gasteiger partial charge in [-0.1, -0.05) is 18.2 Å². The summed E-state index contributed by atoms with van der Waals surface area (Å²) >= 11 is 0. The summed E-state index contributed by atoms with van der Waals surface area (Å²) in [6.45, 7) is 0.597. The Kier molecular flexibility index (Phi) is 5.53. The molecule has 0 saturated heterocycles. The highest BCUT2D eigenvalue weighted by molar-refractivity contribution is 5.94. The van der Waals surface area contributed by atoms with E-state index in [0.717, 1.165) is 29.5 Å². The summed E-state index contributed by atoms with van der Waals surface area (Å²) in [6.07, 6.45) is 1.70. The van der Waals surface area contributed by atoms with E-state index in [1.54, 1.807) is 30.5 Å². The van der Waals surface area contributed by atoms with Crippen LogP contribution in [-0.2, 0) is 13.2 Å². The molecule has 0 atom stereocenters. The summed E-state index contributed by atoms with van der Waals surface area (Å²) in [4.78, 5) is 16.1. The molecule has 6 heteroatoms. The number of halogens is 2. The highest BCUT2D eigenvalue weighted by Crippen LogP contribution is 2.14. The fourth-order valence-electron chi connectivity index (χ4n) is 2.31. The van der Waals surface area contributed by atoms with Crippen molar-refractivity contribution in [3.8, 4) is 5.75 Å². The van der Waals surface area contributed by atoms with Crippen LogP contribution in [0, 0.1) is 11.6 Å². The van der Waals surface area contributed by atoms with Crippen LogP contribution in [0.2, 0.25) is 0 Å². The second-order valence-corrected chi connectivity index (χ2v) is 5.59. The Morgan fingerprint density at radius 2 is 1.73 bits per heavy atom. The molecule has 132 valence electrons. The fourth-order valence-corrected chi connectivity index (χ4v) is 2.31. The Labute approximate surface area is 149 Å². The largest absolute Gasteiger partial charge is 0.487 e. The molecule has 0 aliphatic heterocycles. The average Bonchev–Trinajstić information content (AvgIpc) is 2.65. The normalized spacial score (nSPS) is 10.4. The quantitative estimate of drug-likeness (QED) is 0.731. The number of carbonyl (C=O) groups excluding carboxylic acids is 1. The van der Waals surface area contributed by atoms with Crippen molar-refractivity contribution in [3.63, 3.8) is 0 Å². The van der Waals surface area contributed by atoms with Gasteiger partial charge in [0.05, 0.1) is 5.69 Å². The molecule has 0 fully saturated rings. The van der Waals surface area contributed by atoms with Gasteiger partial charge in [0.25, 0.3) is 5.91 Å². The van der Waals surface area contributed by atoms with Crippen molar-refractivity contribution in [2.75, 3.05) is 0 Å². The van der Waals surface area contributed by atoms with Gasteiger partial charge in [-0.2, -0.15) is 0 Å². The Bertz CT molecular complexity index is 864. The van der Waals surface area contributed by atoms with Gasteiger partial charge in [0.1, 0.15) is 24.0 Å². The highest BCUT2D eigenvalue weighted by atomic mass is 19.1. The minimum absolute atomic E-state index is 0.0576. The first-order valence-electron chi connectivity index (χ1n) is 7.96. The number of benzene rings is 2. The van der Waals surface area contributed by atoms with Gasteiger partial charge in [0.15, 0.2) is 0 Å². The van der Waals surface area contributed by atoms with Gasteiger partial charge in [0.2, 0.25) is 0 Å². The van der Waals surface area contributed by atoms with Crippen molar-refractivity contribution in [1.82, 2.24) is 10.3 Å². The molecular weight excluding hydrogens is 338 g/mol. The molecule has 0 aliphatic rings. The number of aromatic nitrogens is 1. The van der Waals surface area contributed by atoms with Crippen LogP contribution in [0.15, 0.2) is 66.9 Å². The highest BCUT2D eigenvalue weighted by Gasteiger charge is 2.09. The molecule has 3 aromatic rings. The molecule has 2 aromatic carbocycles. The van der Waals surface area contributed by atoms with Crippen LogP contribution >= 0.6 is 0 Å². The third-order valence-corrected chi connectivity index (χ3v) is 3.61. The van der Waals surface area contributed by atoms with Gasteiger partial charge in [0, 0.05) is 24.4 Å². The molecule has 0 radical (unpaired) electrons. The molecule has 1 aromatic heterocycles. The summed E-state index contributed by atoms with van der Waals surface area (Å²) in [7, 11) is 0. The van der Waals surface area contributed by atoms with Crippen LogP contribution < -0.4 is 10.1 Å². The van der Waals surface area contributed by atoms with Crippen LogP contribution in [0.25, 0.3) is 0 Å². The van der Waals surface area contributed by atoms with Crippen LogP contribution in [0.4, 0.5) is 8.78 Å². The lowest BCUT2D eigenvalue weighted by atomic mass is 10.2. The second kappa shape index (κ2) is 8.20. The first kappa shape index (κ1) is 17.5. The van der Waals surface area contributed by atoms with Gasteiger partial charge >= 0.3 is 0 Å². The van der Waals surface area contributed by atoms with Crippen LogP contribution in [0.3, 0.4) is 0 Å². The zero-order chi connectivity index (χ0) is 18.4. The number of hydrogen-bond donors (Lipinski definition) is 1. The summed E-state index contributed by atoms with van der Waals surface area (Å²) < 4.78 is 31.9. The van der Waals surface area contributed by atoms with Crippen molar-refractivity contribution < 1.29 is 18.3 Å². The molecule has 3 rings (SSSR count). The fraction of sp³-hybridized carbons (Fsp3) is 0.100. The molecule has 26 heavy (non-hydrogen) atoms. The van der Waals surface area contributed by atoms with E-state index < -0.39 is 17.5 Å². The molecule has 0 spiro atoms. The number of nitrogens with zero attached hydrogens (tertiary/aromatic N) is 1. The Morgan fingerprint density at radius 1 is 1.00 bits per heavy atom. The Balaban J connectivity index is 1.53. The molecule has 0 bridgehead atoms. The third kappa shape index (κ3) is 4.86. The van der Waals surface area contributed by atoms with Crippen LogP contribution in [0.5, 0.6) is 5.75 Å². The summed E-state index contributed by atoms with van der Waals surface area (Å²) in [5, 5.41) is 2.62. The number of ether oxygens (including phenoxy) is 1. The Hall–Kier alpha value is -3.28. The lowest BCUT2D eigenvalue weighted by Gasteiger charge is -2.08. The zero-order valence-electron chi connectivity index (χ0n) is 13.8. The minimum Gasteiger partial charge on any atom is -0.487 e. The number of hydrogen-bond acceptors (Lipinski definition) is 3. The van der Waals surface area contributed by atoms with Gasteiger partial charge in [-0.25, -0.2) is 8.78 Å². The summed E-state index contributed by atoms with van der Waals surface area (Å²) in [6, 6.07) is 15.5. The smallest absolute Gasteiger partial charge is 0.251 e. The van der Waals surface area contributed by atoms with Gasteiger partial charge in [-0.15, -0.1) is 0 Å². The predicted octanol–water partition coefficient (Wildman–Crippen LogP) is 3.87. The third-order valence-electron chi connectivity index (χ3n) is 3.61. The average molecular weight is 354 g/mol. The van der Waals surface area contributed by atoms with E-state index >= 15 is 0 Å². The summed E-state index contributed by atoms with van der Waals surface area (Å²) in [5.74, 6) is -1.44. The molecule has 1 N–H and O–H groups in total. The topological polar surface area (TPSA) is 51.2 Å². The first-order chi connectivity index (χ1) is 12.6. The lowest BCUT2D eigenvalue weighted by molar-refractivity contribution is 0.0950. The van der Waals surface area contributed by atoms with Crippen molar-refractivity contribution >= 4 is 5.91 Å². The van der Waals surface area contributed by atoms with Crippen molar-refractivity contribution in [2.24, 2.45) is 0 Å². The predicted molar refractivity (Wildman–Crippen MR) is 92.5 cm³/mol. The first-order valence-corrected chi connectivity index (χ1v) is 7.96. The molecular formula is C20H16F2N2O2. The number of amides is 1. The molecule has 0 aliphatic carbocycles. The lowest BCUT2D eigenvalue weighted by Crippen LogP contribution is -2.23. The zero-order valence-corrected chi connectivity index (χ0v) is 13.8. The Morgan fingerprint density at radius 3 is 2.38 bits per heavy atom. The second-order valence-electron chi connectivity index (χ2n) is 5.59. The van der Waals surface area contributed by atoms with Crippen LogP contribution in [-0.4, -0.2) is 10.9 Å². The van der Waals surface area contributed by atoms with E-state index in [-0.39, 0.29) is 12.1 Å². The monoisotopic (exact) mass is 354 g/mol. The van der Waals surface area contributed by atoms with Gasteiger partial charge in [-0.3, -0.25) is 9.78 Å². The van der Waals surface area contributed by atoms with Crippen molar-refractivity contribution in [3.05, 3.63) is 95.3 Å². The van der Waals surface area contributed by atoms with E-state index in [4.69, 9.17) is 4.74 Å². The molecule has 0 saturated carbocycles. The summed E-state index contributed by atoms with van der Waals surface area (Å²) in [5.41, 5.74) is 1.60. The maximum absolute atomic E-state index is 13.2. The van der Waals surface area contributed by atoms with Gasteiger partial charge in [-0.05, 0) is 42.0 Å². The maximum Gasteiger partial charge on any atom is 0.251 e. The molecule has 4 nitrogen and oxygen atoms in total. The SMILES string of the molecule is O=C(NCc1ccc(OCc2ccccn2)cc1)c1cc(F)cc(F)c1. The van der Waals surface area contributed by atoms with E-state index in [0.29, 0.717) is 12.4 Å².